The molecule has 0 aliphatic carbocycles. The average molecular weight is 270 g/mol. The number of hydrogen-bond donors (Lipinski definition) is 2. The number of aromatic amines is 1. The monoisotopic (exact) mass is 270 g/mol. The summed E-state index contributed by atoms with van der Waals surface area (Å²) in [5, 5.41) is 9.94. The first kappa shape index (κ1) is 12.7. The summed E-state index contributed by atoms with van der Waals surface area (Å²) in [6.45, 7) is 1.99. The number of carbonyl (C=O) groups is 1. The van der Waals surface area contributed by atoms with Gasteiger partial charge in [0.05, 0.1) is 0 Å². The molecule has 0 fully saturated rings. The molecule has 104 valence electrons. The second-order valence-corrected chi connectivity index (χ2v) is 5.40. The number of H-pyrrole nitrogens is 1. The summed E-state index contributed by atoms with van der Waals surface area (Å²) in [6.07, 6.45) is 0.467. The van der Waals surface area contributed by atoms with Gasteiger partial charge >= 0.3 is 0 Å². The molecule has 0 bridgehead atoms. The van der Waals surface area contributed by atoms with E-state index in [1.54, 1.807) is 0 Å². The molecule has 1 aromatic heterocycles. The van der Waals surface area contributed by atoms with Crippen LogP contribution in [0, 0.1) is 6.92 Å². The van der Waals surface area contributed by atoms with Gasteiger partial charge in [-0.15, -0.1) is 0 Å². The summed E-state index contributed by atoms with van der Waals surface area (Å²) in [4.78, 5) is 13.9. The number of fused-ring (bicyclic) bond motifs is 1. The number of benzene rings is 1. The molecule has 0 spiro atoms. The Hall–Kier alpha value is -2.30. The zero-order valence-electron chi connectivity index (χ0n) is 11.9. The van der Waals surface area contributed by atoms with Crippen LogP contribution in [0.5, 0.6) is 0 Å². The van der Waals surface area contributed by atoms with Crippen molar-refractivity contribution in [2.75, 3.05) is 24.3 Å². The first-order chi connectivity index (χ1) is 9.56. The van der Waals surface area contributed by atoms with E-state index in [9.17, 15) is 4.79 Å². The Morgan fingerprint density at radius 1 is 1.25 bits per heavy atom. The molecule has 1 amide bonds. The van der Waals surface area contributed by atoms with Crippen LogP contribution < -0.4 is 10.2 Å². The van der Waals surface area contributed by atoms with Crippen molar-refractivity contribution in [3.63, 3.8) is 0 Å². The smallest absolute Gasteiger partial charge is 0.226 e. The van der Waals surface area contributed by atoms with Crippen molar-refractivity contribution in [1.29, 1.82) is 0 Å². The minimum atomic E-state index is 0.0192. The Morgan fingerprint density at radius 3 is 2.60 bits per heavy atom. The van der Waals surface area contributed by atoms with E-state index in [4.69, 9.17) is 0 Å². The standard InChI is InChI=1S/C15H18N4O/c1-9-14-12(8-13(20)16-15(14)18-17-9)10-4-6-11(7-5-10)19(2)3/h4-7,12H,8H2,1-3H3,(H2,16,17,18,20). The number of rotatable bonds is 2. The van der Waals surface area contributed by atoms with Crippen LogP contribution in [0.25, 0.3) is 0 Å². The predicted molar refractivity (Wildman–Crippen MR) is 79.2 cm³/mol. The molecule has 2 aromatic rings. The zero-order valence-corrected chi connectivity index (χ0v) is 11.9. The highest BCUT2D eigenvalue weighted by atomic mass is 16.1. The Labute approximate surface area is 118 Å². The molecule has 5 heteroatoms. The molecule has 0 radical (unpaired) electrons. The van der Waals surface area contributed by atoms with Gasteiger partial charge in [-0.05, 0) is 24.6 Å². The highest BCUT2D eigenvalue weighted by molar-refractivity contribution is 5.94. The van der Waals surface area contributed by atoms with E-state index < -0.39 is 0 Å². The van der Waals surface area contributed by atoms with Crippen LogP contribution in [0.2, 0.25) is 0 Å². The molecule has 20 heavy (non-hydrogen) atoms. The molecular formula is C15H18N4O. The lowest BCUT2D eigenvalue weighted by Gasteiger charge is -2.23. The molecule has 2 heterocycles. The summed E-state index contributed by atoms with van der Waals surface area (Å²) in [5.41, 5.74) is 4.42. The van der Waals surface area contributed by atoms with E-state index in [1.807, 2.05) is 21.0 Å². The second-order valence-electron chi connectivity index (χ2n) is 5.40. The third kappa shape index (κ3) is 2.05. The molecule has 2 N–H and O–H groups in total. The minimum Gasteiger partial charge on any atom is -0.378 e. The van der Waals surface area contributed by atoms with Crippen LogP contribution in [0.4, 0.5) is 11.5 Å². The maximum absolute atomic E-state index is 11.8. The van der Waals surface area contributed by atoms with Gasteiger partial charge in [0.15, 0.2) is 5.82 Å². The van der Waals surface area contributed by atoms with Crippen LogP contribution in [-0.2, 0) is 4.79 Å². The topological polar surface area (TPSA) is 61.0 Å². The SMILES string of the molecule is Cc1[nH]nc2c1C(c1ccc(N(C)C)cc1)CC(=O)N2. The van der Waals surface area contributed by atoms with Gasteiger partial charge in [-0.3, -0.25) is 9.89 Å². The summed E-state index contributed by atoms with van der Waals surface area (Å²) in [6, 6.07) is 8.34. The van der Waals surface area contributed by atoms with Crippen molar-refractivity contribution in [3.05, 3.63) is 41.1 Å². The van der Waals surface area contributed by atoms with Gasteiger partial charge in [-0.2, -0.15) is 5.10 Å². The molecule has 1 aromatic carbocycles. The summed E-state index contributed by atoms with van der Waals surface area (Å²) in [5.74, 6) is 0.764. The molecule has 1 aliphatic heterocycles. The largest absolute Gasteiger partial charge is 0.378 e. The molecule has 1 aliphatic rings. The third-order valence-corrected chi connectivity index (χ3v) is 3.80. The number of hydrogen-bond acceptors (Lipinski definition) is 3. The Morgan fingerprint density at radius 2 is 1.95 bits per heavy atom. The second kappa shape index (κ2) is 4.67. The van der Waals surface area contributed by atoms with Gasteiger partial charge in [0.25, 0.3) is 0 Å². The van der Waals surface area contributed by atoms with Crippen molar-refractivity contribution in [3.8, 4) is 0 Å². The van der Waals surface area contributed by atoms with Gasteiger partial charge in [0.1, 0.15) is 0 Å². The summed E-state index contributed by atoms with van der Waals surface area (Å²) < 4.78 is 0. The highest BCUT2D eigenvalue weighted by Crippen LogP contribution is 2.38. The normalized spacial score (nSPS) is 17.6. The molecular weight excluding hydrogens is 252 g/mol. The Balaban J connectivity index is 2.01. The van der Waals surface area contributed by atoms with Crippen LogP contribution in [-0.4, -0.2) is 30.2 Å². The minimum absolute atomic E-state index is 0.0192. The fourth-order valence-corrected chi connectivity index (χ4v) is 2.72. The number of nitrogens with one attached hydrogen (secondary N) is 2. The van der Waals surface area contributed by atoms with Gasteiger partial charge in [-0.25, -0.2) is 0 Å². The molecule has 0 saturated heterocycles. The van der Waals surface area contributed by atoms with Crippen molar-refractivity contribution in [2.24, 2.45) is 0 Å². The van der Waals surface area contributed by atoms with E-state index in [0.29, 0.717) is 12.2 Å². The molecule has 5 nitrogen and oxygen atoms in total. The van der Waals surface area contributed by atoms with E-state index in [1.165, 1.54) is 0 Å². The number of amides is 1. The molecule has 0 saturated carbocycles. The van der Waals surface area contributed by atoms with E-state index in [-0.39, 0.29) is 11.8 Å². The molecule has 1 atom stereocenters. The Kier molecular flexibility index (Phi) is 2.97. The number of aryl methyl sites for hydroxylation is 1. The summed E-state index contributed by atoms with van der Waals surface area (Å²) >= 11 is 0. The summed E-state index contributed by atoms with van der Waals surface area (Å²) in [7, 11) is 4.03. The number of nitrogens with zero attached hydrogens (tertiary/aromatic N) is 2. The lowest BCUT2D eigenvalue weighted by molar-refractivity contribution is -0.116. The van der Waals surface area contributed by atoms with Crippen molar-refractivity contribution >= 4 is 17.4 Å². The highest BCUT2D eigenvalue weighted by Gasteiger charge is 2.30. The van der Waals surface area contributed by atoms with E-state index in [0.717, 1.165) is 22.5 Å². The van der Waals surface area contributed by atoms with Crippen LogP contribution in [0.3, 0.4) is 0 Å². The fourth-order valence-electron chi connectivity index (χ4n) is 2.72. The van der Waals surface area contributed by atoms with Crippen molar-refractivity contribution < 1.29 is 4.79 Å². The van der Waals surface area contributed by atoms with Gasteiger partial charge in [0, 0.05) is 43.4 Å². The first-order valence-electron chi connectivity index (χ1n) is 6.68. The number of carbonyl (C=O) groups excluding carboxylic acids is 1. The average Bonchev–Trinajstić information content (AvgIpc) is 2.79. The fraction of sp³-hybridized carbons (Fsp3) is 0.333. The van der Waals surface area contributed by atoms with Gasteiger partial charge < -0.3 is 10.2 Å². The lowest BCUT2D eigenvalue weighted by Crippen LogP contribution is -2.23. The van der Waals surface area contributed by atoms with Crippen LogP contribution in [0.1, 0.15) is 29.2 Å². The third-order valence-electron chi connectivity index (χ3n) is 3.80. The first-order valence-corrected chi connectivity index (χ1v) is 6.68. The quantitative estimate of drug-likeness (QED) is 0.880. The van der Waals surface area contributed by atoms with Gasteiger partial charge in [-0.1, -0.05) is 12.1 Å². The zero-order chi connectivity index (χ0) is 14.3. The predicted octanol–water partition coefficient (Wildman–Crippen LogP) is 2.26. The van der Waals surface area contributed by atoms with Crippen molar-refractivity contribution in [2.45, 2.75) is 19.3 Å². The Bertz CT molecular complexity index is 642. The maximum atomic E-state index is 11.8. The molecule has 1 unspecified atom stereocenters. The van der Waals surface area contributed by atoms with Gasteiger partial charge in [0.2, 0.25) is 5.91 Å². The number of anilines is 2. The maximum Gasteiger partial charge on any atom is 0.226 e. The van der Waals surface area contributed by atoms with Crippen LogP contribution in [0.15, 0.2) is 24.3 Å². The molecule has 3 rings (SSSR count). The van der Waals surface area contributed by atoms with E-state index >= 15 is 0 Å². The van der Waals surface area contributed by atoms with Crippen LogP contribution >= 0.6 is 0 Å². The number of aromatic nitrogens is 2. The van der Waals surface area contributed by atoms with E-state index in [2.05, 4.69) is 44.7 Å². The lowest BCUT2D eigenvalue weighted by atomic mass is 9.86. The van der Waals surface area contributed by atoms with Crippen molar-refractivity contribution in [1.82, 2.24) is 10.2 Å².